The van der Waals surface area contributed by atoms with Gasteiger partial charge in [-0.1, -0.05) is 26.0 Å². The third-order valence-electron chi connectivity index (χ3n) is 4.14. The molecule has 1 heterocycles. The van der Waals surface area contributed by atoms with Crippen LogP contribution in [0, 0.1) is 18.7 Å². The Bertz CT molecular complexity index is 742. The van der Waals surface area contributed by atoms with E-state index in [9.17, 15) is 4.39 Å². The number of aryl methyl sites for hydroxylation is 1. The van der Waals surface area contributed by atoms with Gasteiger partial charge in [0.1, 0.15) is 18.2 Å². The van der Waals surface area contributed by atoms with E-state index >= 15 is 0 Å². The number of aromatic nitrogens is 2. The van der Waals surface area contributed by atoms with Crippen LogP contribution in [0.25, 0.3) is 0 Å². The van der Waals surface area contributed by atoms with E-state index in [-0.39, 0.29) is 35.8 Å². The summed E-state index contributed by atoms with van der Waals surface area (Å²) in [6.45, 7) is 12.3. The first-order valence-corrected chi connectivity index (χ1v) is 9.21. The third kappa shape index (κ3) is 7.12. The number of nitrogens with one attached hydrogen (secondary N) is 2. The van der Waals surface area contributed by atoms with Gasteiger partial charge in [-0.25, -0.2) is 14.4 Å². The second-order valence-electron chi connectivity index (χ2n) is 6.96. The number of imidazole rings is 1. The highest BCUT2D eigenvalue weighted by molar-refractivity contribution is 14.0. The Kier molecular flexibility index (Phi) is 9.76. The minimum absolute atomic E-state index is 0. The molecule has 0 aliphatic carbocycles. The van der Waals surface area contributed by atoms with Gasteiger partial charge in [-0.2, -0.15) is 0 Å². The lowest BCUT2D eigenvalue weighted by Gasteiger charge is -2.18. The van der Waals surface area contributed by atoms with Crippen LogP contribution in [0.3, 0.4) is 0 Å². The Morgan fingerprint density at radius 2 is 2.04 bits per heavy atom. The molecule has 1 aromatic heterocycles. The van der Waals surface area contributed by atoms with Crippen molar-refractivity contribution in [1.82, 2.24) is 20.2 Å². The van der Waals surface area contributed by atoms with E-state index in [1.807, 2.05) is 32.3 Å². The van der Waals surface area contributed by atoms with Gasteiger partial charge >= 0.3 is 0 Å². The summed E-state index contributed by atoms with van der Waals surface area (Å²) >= 11 is 0. The number of hydrogen-bond donors (Lipinski definition) is 2. The molecule has 0 radical (unpaired) electrons. The van der Waals surface area contributed by atoms with Gasteiger partial charge < -0.3 is 15.2 Å². The molecule has 1 atom stereocenters. The minimum Gasteiger partial charge on any atom is -0.357 e. The topological polar surface area (TPSA) is 54.2 Å². The molecule has 1 unspecified atom stereocenters. The molecular weight excluding hydrogens is 456 g/mol. The van der Waals surface area contributed by atoms with Crippen molar-refractivity contribution in [1.29, 1.82) is 0 Å². The number of hydrogen-bond acceptors (Lipinski definition) is 2. The summed E-state index contributed by atoms with van der Waals surface area (Å²) in [6, 6.07) is 5.26. The van der Waals surface area contributed by atoms with Gasteiger partial charge in [-0.15, -0.1) is 24.0 Å². The molecule has 0 amide bonds. The fraction of sp³-hybridized carbons (Fsp3) is 0.500. The molecule has 2 rings (SSSR count). The average Bonchev–Trinajstić information content (AvgIpc) is 3.01. The lowest BCUT2D eigenvalue weighted by molar-refractivity contribution is 0.507. The summed E-state index contributed by atoms with van der Waals surface area (Å²) in [4.78, 5) is 9.06. The van der Waals surface area contributed by atoms with Crippen molar-refractivity contribution in [3.63, 3.8) is 0 Å². The van der Waals surface area contributed by atoms with E-state index in [1.165, 1.54) is 0 Å². The molecule has 150 valence electrons. The Hall–Kier alpha value is -1.64. The first-order valence-electron chi connectivity index (χ1n) is 9.21. The molecule has 2 aromatic rings. The van der Waals surface area contributed by atoms with Gasteiger partial charge in [-0.3, -0.25) is 0 Å². The van der Waals surface area contributed by atoms with E-state index in [4.69, 9.17) is 0 Å². The zero-order chi connectivity index (χ0) is 19.1. The first kappa shape index (κ1) is 23.4. The van der Waals surface area contributed by atoms with E-state index in [0.29, 0.717) is 24.0 Å². The van der Waals surface area contributed by atoms with E-state index in [0.717, 1.165) is 24.5 Å². The molecule has 0 aliphatic heterocycles. The summed E-state index contributed by atoms with van der Waals surface area (Å²) in [5.41, 5.74) is 1.54. The third-order valence-corrected chi connectivity index (χ3v) is 4.14. The highest BCUT2D eigenvalue weighted by Crippen LogP contribution is 2.16. The molecule has 5 nitrogen and oxygen atoms in total. The van der Waals surface area contributed by atoms with Crippen LogP contribution in [0.5, 0.6) is 0 Å². The van der Waals surface area contributed by atoms with Crippen molar-refractivity contribution in [3.05, 3.63) is 53.4 Å². The Balaban J connectivity index is 0.00000364. The number of aliphatic imine (C=N–C) groups is 1. The molecule has 27 heavy (non-hydrogen) atoms. The molecule has 0 fully saturated rings. The minimum atomic E-state index is -0.186. The normalized spacial score (nSPS) is 12.6. The van der Waals surface area contributed by atoms with E-state index in [2.05, 4.69) is 39.0 Å². The average molecular weight is 487 g/mol. The second-order valence-corrected chi connectivity index (χ2v) is 6.96. The van der Waals surface area contributed by atoms with Gasteiger partial charge in [0, 0.05) is 25.5 Å². The molecule has 0 saturated carbocycles. The zero-order valence-electron chi connectivity index (χ0n) is 16.8. The van der Waals surface area contributed by atoms with Crippen molar-refractivity contribution in [2.45, 2.75) is 53.8 Å². The van der Waals surface area contributed by atoms with Gasteiger partial charge in [0.2, 0.25) is 0 Å². The van der Waals surface area contributed by atoms with Crippen molar-refractivity contribution in [2.75, 3.05) is 6.54 Å². The molecule has 1 aromatic carbocycles. The number of benzene rings is 1. The fourth-order valence-electron chi connectivity index (χ4n) is 2.69. The largest absolute Gasteiger partial charge is 0.357 e. The number of rotatable bonds is 7. The number of nitrogens with zero attached hydrogens (tertiary/aromatic N) is 3. The molecule has 7 heteroatoms. The van der Waals surface area contributed by atoms with Crippen LogP contribution >= 0.6 is 24.0 Å². The summed E-state index contributed by atoms with van der Waals surface area (Å²) in [5, 5.41) is 6.58. The molecule has 0 bridgehead atoms. The van der Waals surface area contributed by atoms with Crippen molar-refractivity contribution in [2.24, 2.45) is 10.9 Å². The molecule has 0 aliphatic rings. The smallest absolute Gasteiger partial charge is 0.192 e. The number of guanidine groups is 1. The monoisotopic (exact) mass is 487 g/mol. The van der Waals surface area contributed by atoms with Crippen LogP contribution in [0.1, 0.15) is 50.7 Å². The van der Waals surface area contributed by atoms with Crippen molar-refractivity contribution >= 4 is 29.9 Å². The molecular formula is C20H31FIN5. The Morgan fingerprint density at radius 1 is 1.30 bits per heavy atom. The highest BCUT2D eigenvalue weighted by atomic mass is 127. The maximum atomic E-state index is 13.8. The standard InChI is InChI=1S/C20H30FN5.HI/c1-6-22-20(24-12-19-23-9-10-26(19)13-14(2)3)25-16(5)17-8-7-15(4)18(21)11-17;/h7-11,14,16H,6,12-13H2,1-5H3,(H2,22,24,25);1H. The van der Waals surface area contributed by atoms with Crippen LogP contribution < -0.4 is 10.6 Å². The first-order chi connectivity index (χ1) is 12.4. The maximum absolute atomic E-state index is 13.8. The van der Waals surface area contributed by atoms with Crippen LogP contribution in [-0.2, 0) is 13.1 Å². The quantitative estimate of drug-likeness (QED) is 0.346. The number of halogens is 2. The Labute approximate surface area is 178 Å². The van der Waals surface area contributed by atoms with Crippen LogP contribution in [0.15, 0.2) is 35.6 Å². The summed E-state index contributed by atoms with van der Waals surface area (Å²) in [5.74, 6) is 1.99. The Morgan fingerprint density at radius 3 is 2.67 bits per heavy atom. The predicted molar refractivity (Wildman–Crippen MR) is 120 cm³/mol. The highest BCUT2D eigenvalue weighted by Gasteiger charge is 2.10. The SMILES string of the molecule is CCNC(=NCc1nccn1CC(C)C)NC(C)c1ccc(C)c(F)c1.I. The van der Waals surface area contributed by atoms with Gasteiger partial charge in [0.15, 0.2) is 5.96 Å². The van der Waals surface area contributed by atoms with Crippen molar-refractivity contribution < 1.29 is 4.39 Å². The van der Waals surface area contributed by atoms with Crippen molar-refractivity contribution in [3.8, 4) is 0 Å². The predicted octanol–water partition coefficient (Wildman–Crippen LogP) is 4.42. The van der Waals surface area contributed by atoms with Crippen LogP contribution in [0.2, 0.25) is 0 Å². The molecule has 0 spiro atoms. The van der Waals surface area contributed by atoms with Gasteiger partial charge in [0.25, 0.3) is 0 Å². The van der Waals surface area contributed by atoms with E-state index < -0.39 is 0 Å². The molecule has 2 N–H and O–H groups in total. The lowest BCUT2D eigenvalue weighted by atomic mass is 10.1. The van der Waals surface area contributed by atoms with Gasteiger partial charge in [-0.05, 0) is 43.9 Å². The molecule has 0 saturated heterocycles. The second kappa shape index (κ2) is 11.3. The lowest BCUT2D eigenvalue weighted by Crippen LogP contribution is -2.38. The summed E-state index contributed by atoms with van der Waals surface area (Å²) in [6.07, 6.45) is 3.80. The van der Waals surface area contributed by atoms with Crippen LogP contribution in [0.4, 0.5) is 4.39 Å². The maximum Gasteiger partial charge on any atom is 0.192 e. The summed E-state index contributed by atoms with van der Waals surface area (Å²) in [7, 11) is 0. The summed E-state index contributed by atoms with van der Waals surface area (Å²) < 4.78 is 16.0. The van der Waals surface area contributed by atoms with E-state index in [1.54, 1.807) is 19.1 Å². The van der Waals surface area contributed by atoms with Crippen LogP contribution in [-0.4, -0.2) is 22.1 Å². The fourth-order valence-corrected chi connectivity index (χ4v) is 2.69. The van der Waals surface area contributed by atoms with Gasteiger partial charge in [0.05, 0.1) is 6.04 Å². The zero-order valence-corrected chi connectivity index (χ0v) is 19.1.